The number of aromatic nitrogens is 4. The zero-order valence-corrected chi connectivity index (χ0v) is 22.5. The third kappa shape index (κ3) is 6.07. The number of imidazole rings is 1. The molecule has 0 aliphatic heterocycles. The van der Waals surface area contributed by atoms with Gasteiger partial charge in [0, 0.05) is 36.3 Å². The monoisotopic (exact) mass is 537 g/mol. The topological polar surface area (TPSA) is 112 Å². The lowest BCUT2D eigenvalue weighted by atomic mass is 9.92. The Morgan fingerprint density at radius 3 is 2.44 bits per heavy atom. The van der Waals surface area contributed by atoms with Crippen molar-refractivity contribution in [2.75, 3.05) is 24.9 Å². The predicted octanol–water partition coefficient (Wildman–Crippen LogP) is 5.10. The van der Waals surface area contributed by atoms with Gasteiger partial charge in [-0.15, -0.1) is 24.8 Å². The summed E-state index contributed by atoms with van der Waals surface area (Å²) in [7, 11) is 3.32. The van der Waals surface area contributed by atoms with E-state index in [4.69, 9.17) is 30.2 Å². The molecule has 0 radical (unpaired) electrons. The molecule has 0 bridgehead atoms. The molecule has 1 aromatic carbocycles. The van der Waals surface area contributed by atoms with Gasteiger partial charge in [-0.1, -0.05) is 12.8 Å². The molecule has 0 saturated heterocycles. The van der Waals surface area contributed by atoms with Crippen molar-refractivity contribution < 1.29 is 9.47 Å². The first-order valence-corrected chi connectivity index (χ1v) is 12.4. The molecule has 0 amide bonds. The lowest BCUT2D eigenvalue weighted by Crippen LogP contribution is -2.33. The van der Waals surface area contributed by atoms with Gasteiger partial charge < -0.3 is 30.4 Å². The van der Waals surface area contributed by atoms with Crippen LogP contribution in [0.2, 0.25) is 0 Å². The molecular formula is C25H37Cl2N7O2. The molecule has 4 N–H and O–H groups in total. The molecular weight excluding hydrogens is 501 g/mol. The number of halogens is 2. The summed E-state index contributed by atoms with van der Waals surface area (Å²) in [5.41, 5.74) is 8.81. The van der Waals surface area contributed by atoms with E-state index in [-0.39, 0.29) is 24.8 Å². The van der Waals surface area contributed by atoms with Crippen LogP contribution in [0.25, 0.3) is 11.2 Å². The Kier molecular flexibility index (Phi) is 9.87. The van der Waals surface area contributed by atoms with Gasteiger partial charge in [-0.25, -0.2) is 4.98 Å². The van der Waals surface area contributed by atoms with Gasteiger partial charge >= 0.3 is 0 Å². The number of hydrogen-bond donors (Lipinski definition) is 3. The molecule has 2 aromatic heterocycles. The Balaban J connectivity index is 0.00000180. The molecule has 2 aliphatic rings. The Morgan fingerprint density at radius 1 is 1.00 bits per heavy atom. The molecule has 2 fully saturated rings. The maximum Gasteiger partial charge on any atom is 0.227 e. The van der Waals surface area contributed by atoms with Crippen LogP contribution >= 0.6 is 24.8 Å². The minimum Gasteiger partial charge on any atom is -0.497 e. The molecule has 0 unspecified atom stereocenters. The summed E-state index contributed by atoms with van der Waals surface area (Å²) in [6.07, 6.45) is 10.9. The van der Waals surface area contributed by atoms with Gasteiger partial charge in [-0.2, -0.15) is 9.97 Å². The molecule has 2 heterocycles. The van der Waals surface area contributed by atoms with Crippen molar-refractivity contribution in [3.8, 4) is 11.5 Å². The first-order chi connectivity index (χ1) is 16.6. The number of nitrogens with two attached hydrogens (primary N) is 1. The number of rotatable bonds is 8. The molecule has 0 spiro atoms. The third-order valence-electron chi connectivity index (χ3n) is 7.19. The molecule has 2 aliphatic carbocycles. The lowest BCUT2D eigenvalue weighted by molar-refractivity contribution is 0.391. The van der Waals surface area contributed by atoms with E-state index in [0.29, 0.717) is 30.6 Å². The van der Waals surface area contributed by atoms with Crippen molar-refractivity contribution in [1.82, 2.24) is 19.5 Å². The van der Waals surface area contributed by atoms with Crippen molar-refractivity contribution >= 4 is 47.7 Å². The largest absolute Gasteiger partial charge is 0.497 e. The van der Waals surface area contributed by atoms with Crippen molar-refractivity contribution in [3.05, 3.63) is 30.1 Å². The van der Waals surface area contributed by atoms with Crippen LogP contribution in [-0.2, 0) is 6.54 Å². The van der Waals surface area contributed by atoms with Gasteiger partial charge in [0.1, 0.15) is 11.5 Å². The smallest absolute Gasteiger partial charge is 0.227 e. The van der Waals surface area contributed by atoms with Gasteiger partial charge in [0.2, 0.25) is 5.95 Å². The Hall–Kier alpha value is -2.49. The minimum absolute atomic E-state index is 0. The molecule has 0 atom stereocenters. The maximum absolute atomic E-state index is 6.10. The summed E-state index contributed by atoms with van der Waals surface area (Å²) in [4.78, 5) is 14.5. The van der Waals surface area contributed by atoms with Crippen LogP contribution in [0.5, 0.6) is 11.5 Å². The highest BCUT2D eigenvalue weighted by molar-refractivity contribution is 5.86. The summed E-state index contributed by atoms with van der Waals surface area (Å²) < 4.78 is 13.1. The van der Waals surface area contributed by atoms with Crippen LogP contribution in [0.4, 0.5) is 11.8 Å². The predicted molar refractivity (Wildman–Crippen MR) is 148 cm³/mol. The number of anilines is 2. The SMILES string of the molecule is COc1ccc(CNc2nc(NC3CCC(N)CC3)nc3c2ncn3C2CCCC2)c(OC)c1.Cl.Cl. The number of benzene rings is 1. The summed E-state index contributed by atoms with van der Waals surface area (Å²) in [5, 5.41) is 7.07. The number of fused-ring (bicyclic) bond motifs is 1. The van der Waals surface area contributed by atoms with Crippen molar-refractivity contribution in [1.29, 1.82) is 0 Å². The fraction of sp³-hybridized carbons (Fsp3) is 0.560. The second-order valence-electron chi connectivity index (χ2n) is 9.45. The summed E-state index contributed by atoms with van der Waals surface area (Å²) >= 11 is 0. The zero-order chi connectivity index (χ0) is 23.5. The van der Waals surface area contributed by atoms with E-state index in [1.165, 1.54) is 25.7 Å². The van der Waals surface area contributed by atoms with Crippen LogP contribution in [-0.4, -0.2) is 45.8 Å². The van der Waals surface area contributed by atoms with E-state index in [9.17, 15) is 0 Å². The highest BCUT2D eigenvalue weighted by Crippen LogP contribution is 2.34. The molecule has 3 aromatic rings. The van der Waals surface area contributed by atoms with E-state index in [1.54, 1.807) is 14.2 Å². The number of hydrogen-bond acceptors (Lipinski definition) is 8. The van der Waals surface area contributed by atoms with E-state index < -0.39 is 0 Å². The summed E-state index contributed by atoms with van der Waals surface area (Å²) in [6, 6.07) is 6.93. The molecule has 36 heavy (non-hydrogen) atoms. The second-order valence-corrected chi connectivity index (χ2v) is 9.45. The standard InChI is InChI=1S/C25H35N7O2.2ClH/c1-33-20-12-7-16(21(13-20)34-2)14-27-23-22-24(32(15-28-22)19-5-3-4-6-19)31-25(30-23)29-18-10-8-17(26)9-11-18;;/h7,12-13,15,17-19H,3-6,8-11,14,26H2,1-2H3,(H2,27,29,30,31);2*1H. The second kappa shape index (κ2) is 12.7. The van der Waals surface area contributed by atoms with Crippen LogP contribution in [0.1, 0.15) is 63.0 Å². The summed E-state index contributed by atoms with van der Waals surface area (Å²) in [5.74, 6) is 2.91. The van der Waals surface area contributed by atoms with Crippen molar-refractivity contribution in [2.24, 2.45) is 5.73 Å². The molecule has 5 rings (SSSR count). The zero-order valence-electron chi connectivity index (χ0n) is 20.9. The van der Waals surface area contributed by atoms with Crippen LogP contribution < -0.4 is 25.8 Å². The molecule has 9 nitrogen and oxygen atoms in total. The third-order valence-corrected chi connectivity index (χ3v) is 7.19. The van der Waals surface area contributed by atoms with E-state index >= 15 is 0 Å². The highest BCUT2D eigenvalue weighted by atomic mass is 35.5. The average Bonchev–Trinajstić information content (AvgIpc) is 3.54. The Morgan fingerprint density at radius 2 is 1.75 bits per heavy atom. The van der Waals surface area contributed by atoms with Gasteiger partial charge in [0.25, 0.3) is 0 Å². The van der Waals surface area contributed by atoms with E-state index in [1.807, 2.05) is 24.5 Å². The van der Waals surface area contributed by atoms with Gasteiger partial charge in [-0.05, 0) is 50.7 Å². The first kappa shape index (κ1) is 28.1. The number of methoxy groups -OCH3 is 2. The average molecular weight is 539 g/mol. The molecule has 2 saturated carbocycles. The normalized spacial score (nSPS) is 19.9. The van der Waals surface area contributed by atoms with E-state index in [0.717, 1.165) is 59.7 Å². The van der Waals surface area contributed by atoms with Gasteiger partial charge in [0.15, 0.2) is 17.0 Å². The van der Waals surface area contributed by atoms with Gasteiger partial charge in [0.05, 0.1) is 20.5 Å². The maximum atomic E-state index is 6.10. The van der Waals surface area contributed by atoms with Gasteiger partial charge in [-0.3, -0.25) is 0 Å². The quantitative estimate of drug-likeness (QED) is 0.364. The van der Waals surface area contributed by atoms with Crippen molar-refractivity contribution in [3.63, 3.8) is 0 Å². The molecule has 198 valence electrons. The first-order valence-electron chi connectivity index (χ1n) is 12.4. The minimum atomic E-state index is 0. The fourth-order valence-electron chi connectivity index (χ4n) is 5.18. The number of nitrogens with zero attached hydrogens (tertiary/aromatic N) is 4. The van der Waals surface area contributed by atoms with Crippen molar-refractivity contribution in [2.45, 2.75) is 76.0 Å². The summed E-state index contributed by atoms with van der Waals surface area (Å²) in [6.45, 7) is 0.549. The Bertz CT molecular complexity index is 1130. The highest BCUT2D eigenvalue weighted by Gasteiger charge is 2.24. The van der Waals surface area contributed by atoms with Crippen LogP contribution in [0.15, 0.2) is 24.5 Å². The van der Waals surface area contributed by atoms with E-state index in [2.05, 4.69) is 15.2 Å². The lowest BCUT2D eigenvalue weighted by Gasteiger charge is -2.27. The Labute approximate surface area is 224 Å². The van der Waals surface area contributed by atoms with Crippen LogP contribution in [0.3, 0.4) is 0 Å². The fourth-order valence-corrected chi connectivity index (χ4v) is 5.18. The van der Waals surface area contributed by atoms with Crippen LogP contribution in [0, 0.1) is 0 Å². The number of ether oxygens (including phenoxy) is 2. The number of nitrogens with one attached hydrogen (secondary N) is 2. The molecule has 11 heteroatoms.